The predicted octanol–water partition coefficient (Wildman–Crippen LogP) is 2.91. The van der Waals surface area contributed by atoms with Crippen molar-refractivity contribution in [1.82, 2.24) is 0 Å². The van der Waals surface area contributed by atoms with E-state index in [-0.39, 0.29) is 6.42 Å². The van der Waals surface area contributed by atoms with Crippen LogP contribution in [-0.4, -0.2) is 30.2 Å². The molecule has 24 heavy (non-hydrogen) atoms. The van der Waals surface area contributed by atoms with E-state index in [1.807, 2.05) is 31.2 Å². The quantitative estimate of drug-likeness (QED) is 0.493. The molecule has 122 valence electrons. The molecule has 2 aromatic rings. The highest BCUT2D eigenvalue weighted by atomic mass is 16.7. The maximum atomic E-state index is 12.9. The van der Waals surface area contributed by atoms with Crippen LogP contribution in [0.3, 0.4) is 0 Å². The number of oxime groups is 1. The monoisotopic (exact) mass is 323 g/mol. The molecule has 0 saturated carbocycles. The number of hydrogen-bond donors (Lipinski definition) is 0. The third-order valence-electron chi connectivity index (χ3n) is 4.03. The zero-order chi connectivity index (χ0) is 17.2. The van der Waals surface area contributed by atoms with Crippen molar-refractivity contribution in [1.29, 1.82) is 0 Å². The topological polar surface area (TPSA) is 65.0 Å². The van der Waals surface area contributed by atoms with Crippen LogP contribution in [0.2, 0.25) is 0 Å². The van der Waals surface area contributed by atoms with E-state index in [0.717, 1.165) is 11.1 Å². The highest BCUT2D eigenvalue weighted by molar-refractivity contribution is 6.20. The normalized spacial score (nSPS) is 19.3. The lowest BCUT2D eigenvalue weighted by Crippen LogP contribution is -2.47. The zero-order valence-electron chi connectivity index (χ0n) is 13.5. The van der Waals surface area contributed by atoms with E-state index in [4.69, 9.17) is 9.57 Å². The van der Waals surface area contributed by atoms with Gasteiger partial charge in [-0.25, -0.2) is 4.79 Å². The summed E-state index contributed by atoms with van der Waals surface area (Å²) in [5.41, 5.74) is 1.08. The summed E-state index contributed by atoms with van der Waals surface area (Å²) in [7, 11) is 1.23. The van der Waals surface area contributed by atoms with Gasteiger partial charge in [0.15, 0.2) is 0 Å². The van der Waals surface area contributed by atoms with Crippen molar-refractivity contribution in [2.75, 3.05) is 7.11 Å². The fraction of sp³-hybridized carbons (Fsp3) is 0.211. The maximum absolute atomic E-state index is 12.9. The molecule has 0 amide bonds. The third kappa shape index (κ3) is 2.69. The number of carbonyl (C=O) groups is 2. The molecule has 3 rings (SSSR count). The Morgan fingerprint density at radius 1 is 1.08 bits per heavy atom. The van der Waals surface area contributed by atoms with Crippen molar-refractivity contribution in [3.63, 3.8) is 0 Å². The van der Waals surface area contributed by atoms with Crippen LogP contribution in [0.25, 0.3) is 0 Å². The Bertz CT molecular complexity index is 796. The van der Waals surface area contributed by atoms with Gasteiger partial charge in [0.25, 0.3) is 0 Å². The van der Waals surface area contributed by atoms with Gasteiger partial charge in [-0.3, -0.25) is 4.79 Å². The lowest BCUT2D eigenvalue weighted by molar-refractivity contribution is -0.160. The molecule has 5 nitrogen and oxygen atoms in total. The highest BCUT2D eigenvalue weighted by Crippen LogP contribution is 2.32. The fourth-order valence-corrected chi connectivity index (χ4v) is 2.65. The van der Waals surface area contributed by atoms with E-state index >= 15 is 0 Å². The van der Waals surface area contributed by atoms with Gasteiger partial charge in [-0.2, -0.15) is 0 Å². The minimum Gasteiger partial charge on any atom is -0.466 e. The molecule has 1 atom stereocenters. The standard InChI is InChI=1S/C19H17NO4/c1-13-8-10-14(11-9-13)16-12-19(24-20-16,18(22)23-2)17(21)15-6-4-3-5-7-15/h3-11H,12H2,1-2H3. The van der Waals surface area contributed by atoms with Gasteiger partial charge < -0.3 is 9.57 Å². The van der Waals surface area contributed by atoms with Crippen molar-refractivity contribution in [3.8, 4) is 0 Å². The number of esters is 1. The Kier molecular flexibility index (Phi) is 4.16. The first-order chi connectivity index (χ1) is 11.6. The molecule has 1 unspecified atom stereocenters. The SMILES string of the molecule is COC(=O)C1(C(=O)c2ccccc2)CC(c2ccc(C)cc2)=NO1. The lowest BCUT2D eigenvalue weighted by Gasteiger charge is -2.22. The van der Waals surface area contributed by atoms with Crippen LogP contribution in [0.1, 0.15) is 27.9 Å². The van der Waals surface area contributed by atoms with Crippen LogP contribution in [0.4, 0.5) is 0 Å². The molecule has 1 heterocycles. The Labute approximate surface area is 139 Å². The number of carbonyl (C=O) groups excluding carboxylic acids is 2. The Hall–Kier alpha value is -2.95. The van der Waals surface area contributed by atoms with Crippen molar-refractivity contribution in [3.05, 3.63) is 71.3 Å². The Morgan fingerprint density at radius 3 is 2.38 bits per heavy atom. The maximum Gasteiger partial charge on any atom is 0.361 e. The van der Waals surface area contributed by atoms with E-state index in [2.05, 4.69) is 5.16 Å². The average Bonchev–Trinajstić information content (AvgIpc) is 3.08. The van der Waals surface area contributed by atoms with E-state index in [9.17, 15) is 9.59 Å². The number of rotatable bonds is 4. The van der Waals surface area contributed by atoms with Crippen molar-refractivity contribution in [2.45, 2.75) is 18.9 Å². The molecule has 0 radical (unpaired) electrons. The molecular formula is C19H17NO4. The van der Waals surface area contributed by atoms with Gasteiger partial charge in [0.2, 0.25) is 5.78 Å². The Morgan fingerprint density at radius 2 is 1.75 bits per heavy atom. The first-order valence-corrected chi connectivity index (χ1v) is 7.57. The van der Waals surface area contributed by atoms with Gasteiger partial charge in [-0.05, 0) is 12.5 Å². The first kappa shape index (κ1) is 15.9. The highest BCUT2D eigenvalue weighted by Gasteiger charge is 2.54. The molecule has 5 heteroatoms. The summed E-state index contributed by atoms with van der Waals surface area (Å²) < 4.78 is 4.83. The van der Waals surface area contributed by atoms with E-state index in [1.165, 1.54) is 7.11 Å². The van der Waals surface area contributed by atoms with Crippen LogP contribution in [0, 0.1) is 6.92 Å². The van der Waals surface area contributed by atoms with Gasteiger partial charge in [-0.15, -0.1) is 0 Å². The molecule has 2 aromatic carbocycles. The van der Waals surface area contributed by atoms with E-state index in [0.29, 0.717) is 11.3 Å². The summed E-state index contributed by atoms with van der Waals surface area (Å²) in [5, 5.41) is 4.00. The smallest absolute Gasteiger partial charge is 0.361 e. The van der Waals surface area contributed by atoms with Crippen LogP contribution in [0.5, 0.6) is 0 Å². The average molecular weight is 323 g/mol. The third-order valence-corrected chi connectivity index (χ3v) is 4.03. The Balaban J connectivity index is 1.94. The van der Waals surface area contributed by atoms with Crippen LogP contribution >= 0.6 is 0 Å². The minimum atomic E-state index is -1.77. The molecule has 0 spiro atoms. The van der Waals surface area contributed by atoms with Gasteiger partial charge in [0.05, 0.1) is 19.2 Å². The molecule has 0 aliphatic carbocycles. The number of Topliss-reactive ketones (excluding diaryl/α,β-unsaturated/α-hetero) is 1. The molecule has 1 aliphatic heterocycles. The number of ether oxygens (including phenoxy) is 1. The molecule has 0 fully saturated rings. The summed E-state index contributed by atoms with van der Waals surface area (Å²) in [6.07, 6.45) is 0.0382. The molecule has 0 N–H and O–H groups in total. The van der Waals surface area contributed by atoms with Crippen LogP contribution in [-0.2, 0) is 14.4 Å². The molecule has 0 saturated heterocycles. The second-order valence-electron chi connectivity index (χ2n) is 5.69. The summed E-state index contributed by atoms with van der Waals surface area (Å²) in [6, 6.07) is 16.2. The van der Waals surface area contributed by atoms with Crippen LogP contribution in [0.15, 0.2) is 59.8 Å². The molecule has 1 aliphatic rings. The molecular weight excluding hydrogens is 306 g/mol. The zero-order valence-corrected chi connectivity index (χ0v) is 13.5. The lowest BCUT2D eigenvalue weighted by atomic mass is 9.86. The number of hydrogen-bond acceptors (Lipinski definition) is 5. The second-order valence-corrected chi connectivity index (χ2v) is 5.69. The number of benzene rings is 2. The van der Waals surface area contributed by atoms with Crippen molar-refractivity contribution < 1.29 is 19.2 Å². The van der Waals surface area contributed by atoms with E-state index in [1.54, 1.807) is 30.3 Å². The second kappa shape index (κ2) is 6.28. The van der Waals surface area contributed by atoms with Gasteiger partial charge in [0.1, 0.15) is 0 Å². The summed E-state index contributed by atoms with van der Waals surface area (Å²) in [6.45, 7) is 1.98. The van der Waals surface area contributed by atoms with Gasteiger partial charge in [-0.1, -0.05) is 65.3 Å². The number of ketones is 1. The van der Waals surface area contributed by atoms with Gasteiger partial charge >= 0.3 is 11.6 Å². The minimum absolute atomic E-state index is 0.0382. The fourth-order valence-electron chi connectivity index (χ4n) is 2.65. The molecule has 0 bridgehead atoms. The summed E-state index contributed by atoms with van der Waals surface area (Å²) in [5.74, 6) is -1.21. The van der Waals surface area contributed by atoms with Gasteiger partial charge in [0, 0.05) is 5.56 Å². The first-order valence-electron chi connectivity index (χ1n) is 7.57. The van der Waals surface area contributed by atoms with Crippen molar-refractivity contribution >= 4 is 17.5 Å². The van der Waals surface area contributed by atoms with E-state index < -0.39 is 17.4 Å². The number of nitrogens with zero attached hydrogens (tertiary/aromatic N) is 1. The largest absolute Gasteiger partial charge is 0.466 e. The summed E-state index contributed by atoms with van der Waals surface area (Å²) in [4.78, 5) is 30.6. The summed E-state index contributed by atoms with van der Waals surface area (Å²) >= 11 is 0. The van der Waals surface area contributed by atoms with Crippen molar-refractivity contribution in [2.24, 2.45) is 5.16 Å². The number of methoxy groups -OCH3 is 1. The molecule has 0 aromatic heterocycles. The predicted molar refractivity (Wildman–Crippen MR) is 88.9 cm³/mol. The van der Waals surface area contributed by atoms with Crippen LogP contribution < -0.4 is 0 Å². The number of aryl methyl sites for hydroxylation is 1.